The molecule has 1 aromatic carbocycles. The van der Waals surface area contributed by atoms with E-state index in [-0.39, 0.29) is 17.9 Å². The highest BCUT2D eigenvalue weighted by molar-refractivity contribution is 6.30. The van der Waals surface area contributed by atoms with Crippen LogP contribution in [0.3, 0.4) is 0 Å². The lowest BCUT2D eigenvalue weighted by Gasteiger charge is -2.34. The summed E-state index contributed by atoms with van der Waals surface area (Å²) < 4.78 is 0. The van der Waals surface area contributed by atoms with Gasteiger partial charge in [-0.15, -0.1) is 0 Å². The zero-order valence-electron chi connectivity index (χ0n) is 18.9. The Kier molecular flexibility index (Phi) is 6.65. The molecule has 7 heteroatoms. The second kappa shape index (κ2) is 9.82. The zero-order valence-corrected chi connectivity index (χ0v) is 19.6. The van der Waals surface area contributed by atoms with Crippen molar-refractivity contribution in [2.45, 2.75) is 44.1 Å². The normalized spacial score (nSPS) is 22.5. The summed E-state index contributed by atoms with van der Waals surface area (Å²) in [5.41, 5.74) is 3.35. The number of pyridine rings is 1. The van der Waals surface area contributed by atoms with Gasteiger partial charge in [0.25, 0.3) is 0 Å². The van der Waals surface area contributed by atoms with Crippen molar-refractivity contribution in [2.24, 2.45) is 5.92 Å². The largest absolute Gasteiger partial charge is 0.370 e. The number of hydrogen-bond donors (Lipinski definition) is 1. The average Bonchev–Trinajstić information content (AvgIpc) is 3.34. The Balaban J connectivity index is 1.17. The summed E-state index contributed by atoms with van der Waals surface area (Å²) in [6.45, 7) is 3.91. The van der Waals surface area contributed by atoms with E-state index in [4.69, 9.17) is 16.6 Å². The smallest absolute Gasteiger partial charge is 0.227 e. The molecule has 0 spiro atoms. The molecule has 2 atom stereocenters. The lowest BCUT2D eigenvalue weighted by molar-refractivity contribution is -0.136. The molecule has 1 amide bonds. The summed E-state index contributed by atoms with van der Waals surface area (Å²) in [6.07, 6.45) is 5.93. The van der Waals surface area contributed by atoms with E-state index in [1.807, 2.05) is 29.2 Å². The molecule has 0 saturated carbocycles. The number of aldehydes is 1. The highest BCUT2D eigenvalue weighted by atomic mass is 35.5. The molecule has 0 unspecified atom stereocenters. The summed E-state index contributed by atoms with van der Waals surface area (Å²) in [5.74, 6) is 1.64. The highest BCUT2D eigenvalue weighted by Crippen LogP contribution is 2.33. The fraction of sp³-hybridized carbons (Fsp3) is 0.500. The molecule has 2 fully saturated rings. The third-order valence-electron chi connectivity index (χ3n) is 7.42. The Morgan fingerprint density at radius 2 is 2.00 bits per heavy atom. The topological polar surface area (TPSA) is 65.5 Å². The summed E-state index contributed by atoms with van der Waals surface area (Å²) in [7, 11) is 0. The zero-order chi connectivity index (χ0) is 22.8. The summed E-state index contributed by atoms with van der Waals surface area (Å²) >= 11 is 6.12. The number of rotatable bonds is 5. The molecule has 2 aromatic rings. The molecular weight excluding hydrogens is 436 g/mol. The van der Waals surface area contributed by atoms with E-state index in [1.54, 1.807) is 0 Å². The van der Waals surface area contributed by atoms with Crippen LogP contribution in [-0.4, -0.2) is 59.7 Å². The molecule has 3 aliphatic rings. The standard InChI is InChI=1S/C26H31ClN4O2/c27-22-5-1-3-20(15-22)24(17-32)31-14-10-21(16-31)26(33)30-12-8-18(9-13-30)23-7-6-19-4-2-11-28-25(19)29-23/h1,3,5-7,15,17-18,21,24H,2,4,8-14,16H2,(H,28,29)/t21-,24+/m1/s1. The van der Waals surface area contributed by atoms with Crippen LogP contribution < -0.4 is 5.32 Å². The number of halogens is 1. The minimum atomic E-state index is -0.351. The van der Waals surface area contributed by atoms with Crippen LogP contribution in [0.4, 0.5) is 5.82 Å². The first-order chi connectivity index (χ1) is 16.1. The lowest BCUT2D eigenvalue weighted by Crippen LogP contribution is -2.42. The van der Waals surface area contributed by atoms with Crippen molar-refractivity contribution in [2.75, 3.05) is 38.0 Å². The molecule has 0 aliphatic carbocycles. The van der Waals surface area contributed by atoms with Crippen LogP contribution in [0.25, 0.3) is 0 Å². The molecule has 174 valence electrons. The SMILES string of the molecule is O=C[C@@H](c1cccc(Cl)c1)N1CC[C@@H](C(=O)N2CCC(c3ccc4c(n3)NCCC4)CC2)C1. The second-order valence-electron chi connectivity index (χ2n) is 9.49. The number of hydrogen-bond acceptors (Lipinski definition) is 5. The van der Waals surface area contributed by atoms with Gasteiger partial charge < -0.3 is 15.0 Å². The van der Waals surface area contributed by atoms with Crippen LogP contribution in [0.15, 0.2) is 36.4 Å². The molecule has 3 aliphatic heterocycles. The predicted molar refractivity (Wildman–Crippen MR) is 130 cm³/mol. The van der Waals surface area contributed by atoms with Crippen molar-refractivity contribution in [3.63, 3.8) is 0 Å². The number of benzene rings is 1. The fourth-order valence-electron chi connectivity index (χ4n) is 5.53. The minimum absolute atomic E-state index is 0.0470. The Hall–Kier alpha value is -2.44. The van der Waals surface area contributed by atoms with Crippen LogP contribution in [0.2, 0.25) is 5.02 Å². The van der Waals surface area contributed by atoms with Gasteiger partial charge in [-0.25, -0.2) is 4.98 Å². The van der Waals surface area contributed by atoms with Gasteiger partial charge in [-0.05, 0) is 68.0 Å². The molecule has 4 heterocycles. The Morgan fingerprint density at radius 1 is 1.15 bits per heavy atom. The molecule has 1 N–H and O–H groups in total. The van der Waals surface area contributed by atoms with E-state index in [2.05, 4.69) is 22.3 Å². The second-order valence-corrected chi connectivity index (χ2v) is 9.93. The number of aromatic nitrogens is 1. The Bertz CT molecular complexity index is 1020. The van der Waals surface area contributed by atoms with E-state index in [0.717, 1.165) is 75.2 Å². The molecule has 0 bridgehead atoms. The van der Waals surface area contributed by atoms with Crippen molar-refractivity contribution in [3.8, 4) is 0 Å². The third kappa shape index (κ3) is 4.78. The summed E-state index contributed by atoms with van der Waals surface area (Å²) in [4.78, 5) is 34.1. The van der Waals surface area contributed by atoms with E-state index >= 15 is 0 Å². The molecule has 33 heavy (non-hydrogen) atoms. The lowest BCUT2D eigenvalue weighted by atomic mass is 9.91. The monoisotopic (exact) mass is 466 g/mol. The number of nitrogens with zero attached hydrogens (tertiary/aromatic N) is 3. The Labute approximate surface area is 200 Å². The maximum atomic E-state index is 13.2. The van der Waals surface area contributed by atoms with E-state index in [1.165, 1.54) is 12.0 Å². The van der Waals surface area contributed by atoms with E-state index in [0.29, 0.717) is 17.5 Å². The third-order valence-corrected chi connectivity index (χ3v) is 7.66. The van der Waals surface area contributed by atoms with Gasteiger partial charge in [0.2, 0.25) is 5.91 Å². The first kappa shape index (κ1) is 22.4. The minimum Gasteiger partial charge on any atom is -0.370 e. The van der Waals surface area contributed by atoms with Crippen LogP contribution in [-0.2, 0) is 16.0 Å². The van der Waals surface area contributed by atoms with Gasteiger partial charge >= 0.3 is 0 Å². The maximum absolute atomic E-state index is 13.2. The van der Waals surface area contributed by atoms with Gasteiger partial charge in [0.05, 0.1) is 12.0 Å². The van der Waals surface area contributed by atoms with Gasteiger partial charge in [-0.1, -0.05) is 29.8 Å². The summed E-state index contributed by atoms with van der Waals surface area (Å²) in [5, 5.41) is 4.05. The Morgan fingerprint density at radius 3 is 2.79 bits per heavy atom. The predicted octanol–water partition coefficient (Wildman–Crippen LogP) is 4.06. The molecule has 5 rings (SSSR count). The van der Waals surface area contributed by atoms with Gasteiger partial charge in [-0.3, -0.25) is 9.69 Å². The van der Waals surface area contributed by atoms with Crippen LogP contribution in [0, 0.1) is 5.92 Å². The molecular formula is C26H31ClN4O2. The number of fused-ring (bicyclic) bond motifs is 1. The average molecular weight is 467 g/mol. The number of likely N-dealkylation sites (tertiary alicyclic amines) is 2. The van der Waals surface area contributed by atoms with Crippen molar-refractivity contribution in [1.29, 1.82) is 0 Å². The number of piperidine rings is 1. The molecule has 2 saturated heterocycles. The number of carbonyl (C=O) groups excluding carboxylic acids is 2. The van der Waals surface area contributed by atoms with Gasteiger partial charge in [-0.2, -0.15) is 0 Å². The quantitative estimate of drug-likeness (QED) is 0.673. The van der Waals surface area contributed by atoms with Crippen molar-refractivity contribution in [1.82, 2.24) is 14.8 Å². The van der Waals surface area contributed by atoms with Crippen LogP contribution >= 0.6 is 11.6 Å². The first-order valence-corrected chi connectivity index (χ1v) is 12.5. The summed E-state index contributed by atoms with van der Waals surface area (Å²) in [6, 6.07) is 11.5. The van der Waals surface area contributed by atoms with Gasteiger partial charge in [0, 0.05) is 42.8 Å². The number of aryl methyl sites for hydroxylation is 1. The van der Waals surface area contributed by atoms with Crippen molar-refractivity contribution >= 4 is 29.6 Å². The number of anilines is 1. The highest BCUT2D eigenvalue weighted by Gasteiger charge is 2.36. The van der Waals surface area contributed by atoms with E-state index < -0.39 is 0 Å². The van der Waals surface area contributed by atoms with E-state index in [9.17, 15) is 9.59 Å². The fourth-order valence-corrected chi connectivity index (χ4v) is 5.73. The van der Waals surface area contributed by atoms with Gasteiger partial charge in [0.15, 0.2) is 0 Å². The molecule has 6 nitrogen and oxygen atoms in total. The first-order valence-electron chi connectivity index (χ1n) is 12.1. The van der Waals surface area contributed by atoms with Gasteiger partial charge in [0.1, 0.15) is 12.1 Å². The number of amides is 1. The van der Waals surface area contributed by atoms with Crippen molar-refractivity contribution in [3.05, 3.63) is 58.2 Å². The molecule has 1 aromatic heterocycles. The number of nitrogens with one attached hydrogen (secondary N) is 1. The van der Waals surface area contributed by atoms with Crippen molar-refractivity contribution < 1.29 is 9.59 Å². The van der Waals surface area contributed by atoms with Crippen LogP contribution in [0.1, 0.15) is 54.5 Å². The number of carbonyl (C=O) groups is 2. The maximum Gasteiger partial charge on any atom is 0.227 e. The molecule has 0 radical (unpaired) electrons. The van der Waals surface area contributed by atoms with Crippen LogP contribution in [0.5, 0.6) is 0 Å².